The Balaban J connectivity index is 1.76. The van der Waals surface area contributed by atoms with E-state index < -0.39 is 0 Å². The average molecular weight is 299 g/mol. The Labute approximate surface area is 135 Å². The predicted octanol–water partition coefficient (Wildman–Crippen LogP) is 4.65. The fraction of sp³-hybridized carbons (Fsp3) is 0.600. The summed E-state index contributed by atoms with van der Waals surface area (Å²) in [6, 6.07) is 9.17. The topological polar surface area (TPSA) is 12.5 Å². The molecule has 2 bridgehead atoms. The van der Waals surface area contributed by atoms with Crippen LogP contribution in [-0.4, -0.2) is 24.1 Å². The molecule has 3 rings (SSSR count). The molecule has 0 spiro atoms. The number of benzene rings is 1. The van der Waals surface area contributed by atoms with Gasteiger partial charge in [-0.1, -0.05) is 51.6 Å². The summed E-state index contributed by atoms with van der Waals surface area (Å²) < 4.78 is 5.83. The molecule has 0 aromatic heterocycles. The second-order valence-electron chi connectivity index (χ2n) is 8.33. The Morgan fingerprint density at radius 2 is 2.05 bits per heavy atom. The Morgan fingerprint density at radius 1 is 1.27 bits per heavy atom. The van der Waals surface area contributed by atoms with Crippen molar-refractivity contribution >= 4 is 0 Å². The van der Waals surface area contributed by atoms with E-state index >= 15 is 0 Å². The number of likely N-dealkylation sites (tertiary alicyclic amines) is 1. The summed E-state index contributed by atoms with van der Waals surface area (Å²) in [5.74, 6) is 1.01. The lowest BCUT2D eigenvalue weighted by molar-refractivity contribution is 0.126. The van der Waals surface area contributed by atoms with Gasteiger partial charge in [0, 0.05) is 24.7 Å². The highest BCUT2D eigenvalue weighted by atomic mass is 16.5. The van der Waals surface area contributed by atoms with Crippen LogP contribution in [0.4, 0.5) is 0 Å². The van der Waals surface area contributed by atoms with Crippen molar-refractivity contribution in [1.82, 2.24) is 4.90 Å². The van der Waals surface area contributed by atoms with Gasteiger partial charge in [0.2, 0.25) is 0 Å². The predicted molar refractivity (Wildman–Crippen MR) is 92.1 cm³/mol. The summed E-state index contributed by atoms with van der Waals surface area (Å²) >= 11 is 0. The minimum Gasteiger partial charge on any atom is -0.489 e. The molecule has 2 atom stereocenters. The summed E-state index contributed by atoms with van der Waals surface area (Å²) in [5.41, 5.74) is 2.27. The van der Waals surface area contributed by atoms with Gasteiger partial charge >= 0.3 is 0 Å². The Morgan fingerprint density at radius 3 is 2.82 bits per heavy atom. The molecule has 0 amide bonds. The highest BCUT2D eigenvalue weighted by molar-refractivity contribution is 5.33. The minimum atomic E-state index is 0.477. The van der Waals surface area contributed by atoms with Crippen molar-refractivity contribution in [2.45, 2.75) is 52.6 Å². The number of hydrogen-bond donors (Lipinski definition) is 0. The van der Waals surface area contributed by atoms with Crippen LogP contribution < -0.4 is 4.74 Å². The maximum Gasteiger partial charge on any atom is 0.124 e. The number of fused-ring (bicyclic) bond motifs is 2. The number of rotatable bonds is 5. The van der Waals surface area contributed by atoms with E-state index in [2.05, 4.69) is 56.5 Å². The normalized spacial score (nSPS) is 30.2. The van der Waals surface area contributed by atoms with Crippen molar-refractivity contribution < 1.29 is 4.74 Å². The molecular formula is C20H29NO. The summed E-state index contributed by atoms with van der Waals surface area (Å²) in [6.07, 6.45) is 5.83. The Kier molecular flexibility index (Phi) is 4.07. The molecule has 22 heavy (non-hydrogen) atoms. The van der Waals surface area contributed by atoms with Crippen molar-refractivity contribution in [3.63, 3.8) is 0 Å². The van der Waals surface area contributed by atoms with E-state index in [1.54, 1.807) is 0 Å². The second-order valence-corrected chi connectivity index (χ2v) is 8.33. The van der Waals surface area contributed by atoms with Gasteiger partial charge in [-0.25, -0.2) is 0 Å². The molecule has 2 nitrogen and oxygen atoms in total. The summed E-state index contributed by atoms with van der Waals surface area (Å²) in [7, 11) is 0. The molecule has 1 saturated heterocycles. The quantitative estimate of drug-likeness (QED) is 0.734. The maximum absolute atomic E-state index is 5.83. The molecule has 2 fully saturated rings. The van der Waals surface area contributed by atoms with Crippen LogP contribution in [0, 0.1) is 10.8 Å². The van der Waals surface area contributed by atoms with Crippen molar-refractivity contribution in [3.8, 4) is 5.75 Å². The standard InChI is InChI=1S/C20H29NO/c1-5-10-22-18-9-7-6-8-16(18)13-21-15-20(4)12-17(21)11-19(2,3)14-20/h5-9,17H,1,10-15H2,2-4H3/t17-,20-/m0/s1. The Bertz CT molecular complexity index is 550. The van der Waals surface area contributed by atoms with E-state index in [1.165, 1.54) is 31.4 Å². The van der Waals surface area contributed by atoms with Crippen LogP contribution >= 0.6 is 0 Å². The fourth-order valence-electron chi connectivity index (χ4n) is 4.90. The fourth-order valence-corrected chi connectivity index (χ4v) is 4.90. The van der Waals surface area contributed by atoms with Crippen molar-refractivity contribution in [1.29, 1.82) is 0 Å². The van der Waals surface area contributed by atoms with Gasteiger partial charge in [0.15, 0.2) is 0 Å². The SMILES string of the molecule is C=CCOc1ccccc1CN1C[C@@]2(C)C[C@@H]1CC(C)(C)C2. The van der Waals surface area contributed by atoms with Crippen LogP contribution in [0.1, 0.15) is 45.6 Å². The van der Waals surface area contributed by atoms with Gasteiger partial charge in [0.25, 0.3) is 0 Å². The largest absolute Gasteiger partial charge is 0.489 e. The minimum absolute atomic E-state index is 0.477. The number of nitrogens with zero attached hydrogens (tertiary/aromatic N) is 1. The zero-order valence-electron chi connectivity index (χ0n) is 14.3. The molecule has 1 aromatic rings. The first-order valence-corrected chi connectivity index (χ1v) is 8.47. The van der Waals surface area contributed by atoms with Gasteiger partial charge in [0.1, 0.15) is 12.4 Å². The molecule has 2 heteroatoms. The van der Waals surface area contributed by atoms with Crippen LogP contribution in [0.25, 0.3) is 0 Å². The third kappa shape index (κ3) is 3.22. The lowest BCUT2D eigenvalue weighted by Gasteiger charge is -2.40. The van der Waals surface area contributed by atoms with Crippen LogP contribution in [0.3, 0.4) is 0 Å². The molecule has 2 aliphatic rings. The van der Waals surface area contributed by atoms with Gasteiger partial charge in [0.05, 0.1) is 0 Å². The summed E-state index contributed by atoms with van der Waals surface area (Å²) in [6.45, 7) is 13.9. The lowest BCUT2D eigenvalue weighted by Crippen LogP contribution is -2.34. The smallest absolute Gasteiger partial charge is 0.124 e. The highest BCUT2D eigenvalue weighted by Crippen LogP contribution is 2.52. The van der Waals surface area contributed by atoms with Gasteiger partial charge in [-0.2, -0.15) is 0 Å². The molecule has 1 aromatic carbocycles. The van der Waals surface area contributed by atoms with Crippen molar-refractivity contribution in [2.24, 2.45) is 10.8 Å². The lowest BCUT2D eigenvalue weighted by atomic mass is 9.65. The van der Waals surface area contributed by atoms with E-state index in [9.17, 15) is 0 Å². The van der Waals surface area contributed by atoms with E-state index in [0.717, 1.165) is 18.3 Å². The summed E-state index contributed by atoms with van der Waals surface area (Å²) in [4.78, 5) is 2.69. The Hall–Kier alpha value is -1.28. The van der Waals surface area contributed by atoms with Crippen LogP contribution in [0.2, 0.25) is 0 Å². The molecule has 0 radical (unpaired) electrons. The third-order valence-electron chi connectivity index (χ3n) is 5.23. The number of hydrogen-bond acceptors (Lipinski definition) is 2. The number of ether oxygens (including phenoxy) is 1. The molecule has 1 heterocycles. The first-order chi connectivity index (χ1) is 10.4. The molecule has 120 valence electrons. The van der Waals surface area contributed by atoms with Crippen LogP contribution in [0.5, 0.6) is 5.75 Å². The van der Waals surface area contributed by atoms with Crippen molar-refractivity contribution in [3.05, 3.63) is 42.5 Å². The molecule has 1 aliphatic heterocycles. The first-order valence-electron chi connectivity index (χ1n) is 8.47. The summed E-state index contributed by atoms with van der Waals surface area (Å²) in [5, 5.41) is 0. The molecule has 1 saturated carbocycles. The van der Waals surface area contributed by atoms with Gasteiger partial charge in [-0.05, 0) is 36.2 Å². The highest BCUT2D eigenvalue weighted by Gasteiger charge is 2.49. The van der Waals surface area contributed by atoms with Gasteiger partial charge < -0.3 is 4.74 Å². The maximum atomic E-state index is 5.83. The molecule has 0 N–H and O–H groups in total. The van der Waals surface area contributed by atoms with Crippen LogP contribution in [0.15, 0.2) is 36.9 Å². The van der Waals surface area contributed by atoms with Gasteiger partial charge in [-0.15, -0.1) is 0 Å². The zero-order chi connectivity index (χ0) is 15.8. The second kappa shape index (κ2) is 5.73. The van der Waals surface area contributed by atoms with E-state index in [1.807, 2.05) is 6.08 Å². The van der Waals surface area contributed by atoms with Gasteiger partial charge in [-0.3, -0.25) is 4.90 Å². The number of para-hydroxylation sites is 1. The van der Waals surface area contributed by atoms with E-state index in [4.69, 9.17) is 4.74 Å². The van der Waals surface area contributed by atoms with Crippen molar-refractivity contribution in [2.75, 3.05) is 13.2 Å². The van der Waals surface area contributed by atoms with Crippen LogP contribution in [-0.2, 0) is 6.54 Å². The van der Waals surface area contributed by atoms with E-state index in [-0.39, 0.29) is 0 Å². The van der Waals surface area contributed by atoms with E-state index in [0.29, 0.717) is 17.4 Å². The third-order valence-corrected chi connectivity index (χ3v) is 5.23. The molecular weight excluding hydrogens is 270 g/mol. The average Bonchev–Trinajstić information content (AvgIpc) is 2.66. The first kappa shape index (κ1) is 15.6. The monoisotopic (exact) mass is 299 g/mol. The molecule has 1 aliphatic carbocycles. The molecule has 0 unspecified atom stereocenters. The zero-order valence-corrected chi connectivity index (χ0v) is 14.3.